The quantitative estimate of drug-likeness (QED) is 0.707. The fourth-order valence-electron chi connectivity index (χ4n) is 8.00. The number of aliphatic hydroxyl groups excluding tert-OH is 1. The second-order valence-electron chi connectivity index (χ2n) is 10.4. The summed E-state index contributed by atoms with van der Waals surface area (Å²) in [6, 6.07) is 0. The largest absolute Gasteiger partial charge is 0.393 e. The van der Waals surface area contributed by atoms with Gasteiger partial charge < -0.3 is 5.11 Å². The van der Waals surface area contributed by atoms with E-state index in [4.69, 9.17) is 8.74 Å². The van der Waals surface area contributed by atoms with Gasteiger partial charge >= 0.3 is 0 Å². The molecule has 0 radical (unpaired) electrons. The van der Waals surface area contributed by atoms with E-state index < -0.39 is 9.05 Å². The lowest BCUT2D eigenvalue weighted by Gasteiger charge is -2.60. The summed E-state index contributed by atoms with van der Waals surface area (Å²) in [5, 5.41) is 10.2. The fourth-order valence-corrected chi connectivity index (χ4v) is 8.41. The molecule has 0 amide bonds. The summed E-state index contributed by atoms with van der Waals surface area (Å²) >= 11 is 4.36. The lowest BCUT2D eigenvalue weighted by atomic mass is 9.44. The second kappa shape index (κ2) is 7.26. The van der Waals surface area contributed by atoms with Gasteiger partial charge in [0.25, 0.3) is 9.05 Å². The number of ketones is 1. The molecule has 4 rings (SSSR count). The predicted molar refractivity (Wildman–Crippen MR) is 110 cm³/mol. The van der Waals surface area contributed by atoms with Crippen molar-refractivity contribution in [2.45, 2.75) is 77.7 Å². The Hall–Kier alpha value is -0.0800. The van der Waals surface area contributed by atoms with Gasteiger partial charge in [-0.1, -0.05) is 13.8 Å². The number of hydrogen-bond donors (Lipinski definition) is 2. The van der Waals surface area contributed by atoms with E-state index in [1.165, 1.54) is 12.8 Å². The lowest BCUT2D eigenvalue weighted by Crippen LogP contribution is -2.54. The highest BCUT2D eigenvalue weighted by atomic mass is 32.9. The average molecular weight is 431 g/mol. The summed E-state index contributed by atoms with van der Waals surface area (Å²) < 4.78 is 25.2. The maximum absolute atomic E-state index is 12.8. The van der Waals surface area contributed by atoms with E-state index in [0.29, 0.717) is 29.1 Å². The second-order valence-corrected chi connectivity index (χ2v) is 12.8. The molecule has 0 heterocycles. The highest BCUT2D eigenvalue weighted by Crippen LogP contribution is 2.67. The summed E-state index contributed by atoms with van der Waals surface area (Å²) in [7, 11) is -3.75. The molecule has 0 aromatic heterocycles. The van der Waals surface area contributed by atoms with Crippen LogP contribution in [0.15, 0.2) is 0 Å². The molecular weight excluding hydrogens is 396 g/mol. The minimum absolute atomic E-state index is 0.0310. The van der Waals surface area contributed by atoms with Gasteiger partial charge in [0, 0.05) is 17.1 Å². The first kappa shape index (κ1) is 21.2. The van der Waals surface area contributed by atoms with E-state index in [9.17, 15) is 14.1 Å². The monoisotopic (exact) mass is 430 g/mol. The lowest BCUT2D eigenvalue weighted by molar-refractivity contribution is -0.141. The Morgan fingerprint density at radius 1 is 1.07 bits per heavy atom. The Morgan fingerprint density at radius 2 is 1.75 bits per heavy atom. The molecule has 0 spiro atoms. The molecule has 7 heteroatoms. The minimum atomic E-state index is -3.75. The summed E-state index contributed by atoms with van der Waals surface area (Å²) in [5.41, 5.74) is 0.302. The topological polar surface area (TPSA) is 83.8 Å². The molecule has 0 aromatic rings. The number of Topliss-reactive ketones (excluding diaryl/α,β-unsaturated/α-hetero) is 1. The zero-order chi connectivity index (χ0) is 20.3. The van der Waals surface area contributed by atoms with Crippen molar-refractivity contribution in [1.82, 2.24) is 0 Å². The van der Waals surface area contributed by atoms with E-state index >= 15 is 0 Å². The van der Waals surface area contributed by atoms with Crippen LogP contribution in [0, 0.1) is 40.4 Å². The van der Waals surface area contributed by atoms with Gasteiger partial charge in [0.2, 0.25) is 0 Å². The summed E-state index contributed by atoms with van der Waals surface area (Å²) in [5.74, 6) is 2.40. The van der Waals surface area contributed by atoms with Crippen LogP contribution in [0.25, 0.3) is 0 Å². The fraction of sp³-hybridized carbons (Fsp3) is 0.952. The Balaban J connectivity index is 1.51. The Kier molecular flexibility index (Phi) is 5.49. The van der Waals surface area contributed by atoms with E-state index in [0.717, 1.165) is 44.9 Å². The van der Waals surface area contributed by atoms with Crippen LogP contribution in [0.5, 0.6) is 0 Å². The van der Waals surface area contributed by atoms with Crippen LogP contribution in [0.2, 0.25) is 0 Å². The normalized spacial score (nSPS) is 50.1. The van der Waals surface area contributed by atoms with Crippen LogP contribution < -0.4 is 0 Å². The van der Waals surface area contributed by atoms with E-state index in [-0.39, 0.29) is 29.8 Å². The van der Waals surface area contributed by atoms with Gasteiger partial charge in [-0.05, 0) is 92.3 Å². The molecule has 0 aliphatic heterocycles. The zero-order valence-electron chi connectivity index (χ0n) is 17.0. The van der Waals surface area contributed by atoms with Gasteiger partial charge in [0.1, 0.15) is 6.61 Å². The Morgan fingerprint density at radius 3 is 2.46 bits per heavy atom. The van der Waals surface area contributed by atoms with Crippen LogP contribution in [0.4, 0.5) is 0 Å². The Labute approximate surface area is 173 Å². The molecule has 2 N–H and O–H groups in total. The molecule has 4 aliphatic rings. The molecule has 0 aromatic carbocycles. The third-order valence-electron chi connectivity index (χ3n) is 9.38. The van der Waals surface area contributed by atoms with Crippen molar-refractivity contribution in [1.29, 1.82) is 0 Å². The van der Waals surface area contributed by atoms with Gasteiger partial charge in [-0.25, -0.2) is 0 Å². The van der Waals surface area contributed by atoms with Crippen molar-refractivity contribution in [2.24, 2.45) is 40.4 Å². The van der Waals surface area contributed by atoms with Crippen molar-refractivity contribution < 1.29 is 22.8 Å². The van der Waals surface area contributed by atoms with Crippen LogP contribution in [0.1, 0.15) is 71.6 Å². The van der Waals surface area contributed by atoms with Crippen molar-refractivity contribution in [3.8, 4) is 0 Å². The number of fused-ring (bicyclic) bond motifs is 5. The molecule has 9 atom stereocenters. The third kappa shape index (κ3) is 3.49. The molecule has 0 bridgehead atoms. The van der Waals surface area contributed by atoms with Crippen molar-refractivity contribution in [3.05, 3.63) is 0 Å². The van der Waals surface area contributed by atoms with Gasteiger partial charge in [-0.3, -0.25) is 13.5 Å². The molecule has 0 saturated heterocycles. The molecule has 4 fully saturated rings. The highest BCUT2D eigenvalue weighted by molar-refractivity contribution is 8.27. The van der Waals surface area contributed by atoms with E-state index in [1.807, 2.05) is 0 Å². The molecule has 5 nitrogen and oxygen atoms in total. The van der Waals surface area contributed by atoms with Crippen molar-refractivity contribution >= 4 is 26.0 Å². The summed E-state index contributed by atoms with van der Waals surface area (Å²) in [4.78, 5) is 12.8. The zero-order valence-corrected chi connectivity index (χ0v) is 18.6. The van der Waals surface area contributed by atoms with Gasteiger partial charge in [-0.15, -0.1) is 0 Å². The first-order valence-electron chi connectivity index (χ1n) is 10.9. The number of rotatable bonds is 4. The van der Waals surface area contributed by atoms with Crippen LogP contribution in [0.3, 0.4) is 0 Å². The Bertz CT molecular complexity index is 737. The smallest absolute Gasteiger partial charge is 0.266 e. The number of carbonyl (C=O) groups is 1. The van der Waals surface area contributed by atoms with Crippen LogP contribution in [-0.4, -0.2) is 32.4 Å². The molecule has 4 unspecified atom stereocenters. The predicted octanol–water partition coefficient (Wildman–Crippen LogP) is 3.73. The summed E-state index contributed by atoms with van der Waals surface area (Å²) in [6.45, 7) is 4.39. The van der Waals surface area contributed by atoms with Crippen molar-refractivity contribution in [2.75, 3.05) is 6.61 Å². The van der Waals surface area contributed by atoms with E-state index in [2.05, 4.69) is 25.0 Å². The maximum Gasteiger partial charge on any atom is 0.266 e. The number of aliphatic hydroxyl groups is 1. The average Bonchev–Trinajstić information content (AvgIpc) is 2.97. The number of hydrogen-bond acceptors (Lipinski definition) is 5. The first-order valence-corrected chi connectivity index (χ1v) is 13.2. The first-order chi connectivity index (χ1) is 13.0. The molecule has 4 aliphatic carbocycles. The standard InChI is InChI=1S/C21H34O5S2/c1-20-9-7-14(22)11-13(20)3-4-15-16-5-6-18(19(23)12-26-28(24,25)27)21(16,2)10-8-17(15)20/h13-18,22H,3-12H2,1-2H3,(H,24,25,27)/t13-,14+,15?,16?,17?,18+,20-,21-/m0/s1. The molecule has 160 valence electrons. The minimum Gasteiger partial charge on any atom is -0.393 e. The van der Waals surface area contributed by atoms with Crippen LogP contribution in [-0.2, 0) is 29.2 Å². The van der Waals surface area contributed by atoms with Crippen LogP contribution >= 0.6 is 0 Å². The molecule has 28 heavy (non-hydrogen) atoms. The van der Waals surface area contributed by atoms with Gasteiger partial charge in [0.05, 0.1) is 6.10 Å². The van der Waals surface area contributed by atoms with Gasteiger partial charge in [-0.2, -0.15) is 4.21 Å². The summed E-state index contributed by atoms with van der Waals surface area (Å²) in [6.07, 6.45) is 9.43. The SMILES string of the molecule is C[C@]12CCC3C(CC[C@H]4C[C@H](O)CC[C@]34C)C1CC[C@@H]2C(=O)COS(=O)(O)=S. The van der Waals surface area contributed by atoms with E-state index in [1.54, 1.807) is 0 Å². The van der Waals surface area contributed by atoms with Gasteiger partial charge in [0.15, 0.2) is 5.78 Å². The molecular formula is C21H34O5S2. The van der Waals surface area contributed by atoms with Crippen molar-refractivity contribution in [3.63, 3.8) is 0 Å². The maximum atomic E-state index is 12.8. The highest BCUT2D eigenvalue weighted by Gasteiger charge is 2.61. The third-order valence-corrected chi connectivity index (χ3v) is 10.1. The molecule has 4 saturated carbocycles. The number of carbonyl (C=O) groups excluding carboxylic acids is 1.